The van der Waals surface area contributed by atoms with Gasteiger partial charge in [0.15, 0.2) is 5.11 Å². The quantitative estimate of drug-likeness (QED) is 0.536. The Hall–Kier alpha value is -1.62. The normalized spacial score (nSPS) is 10.6. The molecule has 0 saturated heterocycles. The number of halogens is 1. The van der Waals surface area contributed by atoms with Gasteiger partial charge in [0, 0.05) is 17.3 Å². The minimum absolute atomic E-state index is 0.508. The maximum atomic E-state index is 5.97. The van der Waals surface area contributed by atoms with Gasteiger partial charge in [-0.1, -0.05) is 17.7 Å². The predicted octanol–water partition coefficient (Wildman–Crippen LogP) is 4.87. The van der Waals surface area contributed by atoms with Crippen LogP contribution in [0.3, 0.4) is 0 Å². The smallest absolute Gasteiger partial charge is 0.185 e. The van der Waals surface area contributed by atoms with Crippen LogP contribution in [0.25, 0.3) is 0 Å². The van der Waals surface area contributed by atoms with Crippen molar-refractivity contribution < 1.29 is 0 Å². The van der Waals surface area contributed by atoms with Crippen LogP contribution >= 0.6 is 23.8 Å². The van der Waals surface area contributed by atoms with Crippen molar-refractivity contribution in [1.82, 2.24) is 10.9 Å². The summed E-state index contributed by atoms with van der Waals surface area (Å²) in [5, 5.41) is 4.28. The summed E-state index contributed by atoms with van der Waals surface area (Å²) >= 11 is 11.3. The van der Waals surface area contributed by atoms with Crippen LogP contribution in [0.15, 0.2) is 24.3 Å². The lowest BCUT2D eigenvalue weighted by Crippen LogP contribution is -2.40. The molecule has 0 aliphatic rings. The van der Waals surface area contributed by atoms with Gasteiger partial charge in [-0.05, 0) is 98.4 Å². The highest BCUT2D eigenvalue weighted by molar-refractivity contribution is 7.80. The van der Waals surface area contributed by atoms with Crippen LogP contribution in [-0.2, 0) is 6.54 Å². The van der Waals surface area contributed by atoms with E-state index in [1.54, 1.807) is 0 Å². The van der Waals surface area contributed by atoms with Crippen molar-refractivity contribution in [2.45, 2.75) is 41.2 Å². The Morgan fingerprint density at radius 3 is 2.12 bits per heavy atom. The molecular formula is C19H24ClN3S. The number of hydrazine groups is 1. The van der Waals surface area contributed by atoms with Crippen molar-refractivity contribution in [3.8, 4) is 0 Å². The molecule has 128 valence electrons. The van der Waals surface area contributed by atoms with Gasteiger partial charge >= 0.3 is 0 Å². The van der Waals surface area contributed by atoms with E-state index in [1.165, 1.54) is 33.4 Å². The molecule has 0 atom stereocenters. The monoisotopic (exact) mass is 361 g/mol. The first kappa shape index (κ1) is 18.7. The average molecular weight is 362 g/mol. The Kier molecular flexibility index (Phi) is 6.21. The molecule has 0 aliphatic heterocycles. The molecule has 0 saturated carbocycles. The second kappa shape index (κ2) is 7.97. The number of nitrogens with one attached hydrogen (secondary N) is 3. The van der Waals surface area contributed by atoms with E-state index in [0.29, 0.717) is 16.7 Å². The molecule has 2 aromatic rings. The number of rotatable bonds is 4. The molecule has 3 nitrogen and oxygen atoms in total. The van der Waals surface area contributed by atoms with Crippen LogP contribution in [0.1, 0.15) is 33.4 Å². The van der Waals surface area contributed by atoms with E-state index < -0.39 is 0 Å². The summed E-state index contributed by atoms with van der Waals surface area (Å²) in [6.07, 6.45) is 0. The molecular weight excluding hydrogens is 338 g/mol. The predicted molar refractivity (Wildman–Crippen MR) is 108 cm³/mol. The fourth-order valence-corrected chi connectivity index (χ4v) is 3.16. The first-order valence-corrected chi connectivity index (χ1v) is 8.71. The van der Waals surface area contributed by atoms with Crippen molar-refractivity contribution in [3.05, 3.63) is 62.7 Å². The number of thiocarbonyl (C=S) groups is 1. The second-order valence-electron chi connectivity index (χ2n) is 6.05. The van der Waals surface area contributed by atoms with E-state index in [4.69, 9.17) is 23.8 Å². The number of benzene rings is 2. The van der Waals surface area contributed by atoms with Crippen LogP contribution in [-0.4, -0.2) is 5.11 Å². The summed E-state index contributed by atoms with van der Waals surface area (Å²) < 4.78 is 0. The molecule has 0 radical (unpaired) electrons. The molecule has 0 bridgehead atoms. The van der Waals surface area contributed by atoms with E-state index in [2.05, 4.69) is 50.8 Å². The van der Waals surface area contributed by atoms with Gasteiger partial charge in [-0.15, -0.1) is 0 Å². The zero-order chi connectivity index (χ0) is 17.9. The summed E-state index contributed by atoms with van der Waals surface area (Å²) in [6.45, 7) is 11.6. The Balaban J connectivity index is 1.98. The maximum absolute atomic E-state index is 5.97. The molecule has 3 N–H and O–H groups in total. The van der Waals surface area contributed by atoms with Gasteiger partial charge in [0.1, 0.15) is 0 Å². The van der Waals surface area contributed by atoms with Crippen LogP contribution in [0.5, 0.6) is 0 Å². The molecule has 0 amide bonds. The van der Waals surface area contributed by atoms with Crippen molar-refractivity contribution in [3.63, 3.8) is 0 Å². The summed E-state index contributed by atoms with van der Waals surface area (Å²) in [6, 6.07) is 7.46. The fourth-order valence-electron chi connectivity index (χ4n) is 2.78. The average Bonchev–Trinajstić information content (AvgIpc) is 2.54. The van der Waals surface area contributed by atoms with Crippen molar-refractivity contribution in [2.75, 3.05) is 5.32 Å². The lowest BCUT2D eigenvalue weighted by atomic mass is 9.90. The fraction of sp³-hybridized carbons (Fsp3) is 0.316. The summed E-state index contributed by atoms with van der Waals surface area (Å²) in [5.41, 5.74) is 15.2. The third-order valence-corrected chi connectivity index (χ3v) is 5.14. The Labute approximate surface area is 154 Å². The summed E-state index contributed by atoms with van der Waals surface area (Å²) in [4.78, 5) is 0. The summed E-state index contributed by atoms with van der Waals surface area (Å²) in [5.74, 6) is 0. The van der Waals surface area contributed by atoms with E-state index in [9.17, 15) is 0 Å². The standard InChI is InChI=1S/C19H24ClN3S/c1-11-12(2)14(4)18(15(5)13(11)3)10-21-23-19(24)22-17-8-6-7-16(20)9-17/h6-9,21H,10H2,1-5H3,(H2,22,23,24). The SMILES string of the molecule is Cc1c(C)c(C)c(CNNC(=S)Nc2cccc(Cl)c2)c(C)c1C. The van der Waals surface area contributed by atoms with Crippen molar-refractivity contribution in [2.24, 2.45) is 0 Å². The first-order valence-electron chi connectivity index (χ1n) is 7.92. The van der Waals surface area contributed by atoms with Crippen LogP contribution < -0.4 is 16.2 Å². The van der Waals surface area contributed by atoms with Gasteiger partial charge in [0.25, 0.3) is 0 Å². The number of hydrogen-bond donors (Lipinski definition) is 3. The van der Waals surface area contributed by atoms with E-state index in [-0.39, 0.29) is 0 Å². The minimum Gasteiger partial charge on any atom is -0.332 e. The van der Waals surface area contributed by atoms with Crippen LogP contribution in [0, 0.1) is 34.6 Å². The zero-order valence-electron chi connectivity index (χ0n) is 14.8. The highest BCUT2D eigenvalue weighted by atomic mass is 35.5. The van der Waals surface area contributed by atoms with E-state index in [1.807, 2.05) is 24.3 Å². The highest BCUT2D eigenvalue weighted by Crippen LogP contribution is 2.25. The summed E-state index contributed by atoms with van der Waals surface area (Å²) in [7, 11) is 0. The molecule has 0 fully saturated rings. The third-order valence-electron chi connectivity index (χ3n) is 4.70. The molecule has 0 aromatic heterocycles. The van der Waals surface area contributed by atoms with E-state index >= 15 is 0 Å². The number of anilines is 1. The highest BCUT2D eigenvalue weighted by Gasteiger charge is 2.11. The molecule has 2 aromatic carbocycles. The molecule has 0 spiro atoms. The van der Waals surface area contributed by atoms with Crippen LogP contribution in [0.4, 0.5) is 5.69 Å². The molecule has 0 unspecified atom stereocenters. The van der Waals surface area contributed by atoms with Gasteiger partial charge < -0.3 is 5.32 Å². The molecule has 2 rings (SSSR count). The topological polar surface area (TPSA) is 36.1 Å². The van der Waals surface area contributed by atoms with Gasteiger partial charge in [0.05, 0.1) is 0 Å². The number of hydrogen-bond acceptors (Lipinski definition) is 2. The van der Waals surface area contributed by atoms with Crippen molar-refractivity contribution in [1.29, 1.82) is 0 Å². The zero-order valence-corrected chi connectivity index (χ0v) is 16.4. The van der Waals surface area contributed by atoms with E-state index in [0.717, 1.165) is 5.69 Å². The maximum Gasteiger partial charge on any atom is 0.185 e. The largest absolute Gasteiger partial charge is 0.332 e. The Bertz CT molecular complexity index is 742. The molecule has 0 heterocycles. The first-order chi connectivity index (χ1) is 11.3. The molecule has 5 heteroatoms. The third kappa shape index (κ3) is 4.26. The van der Waals surface area contributed by atoms with Crippen LogP contribution in [0.2, 0.25) is 5.02 Å². The van der Waals surface area contributed by atoms with Gasteiger partial charge in [-0.2, -0.15) is 0 Å². The molecule has 0 aliphatic carbocycles. The van der Waals surface area contributed by atoms with Crippen molar-refractivity contribution >= 4 is 34.6 Å². The van der Waals surface area contributed by atoms with Gasteiger partial charge in [-0.25, -0.2) is 5.43 Å². The Morgan fingerprint density at radius 2 is 1.54 bits per heavy atom. The second-order valence-corrected chi connectivity index (χ2v) is 6.89. The Morgan fingerprint density at radius 1 is 0.958 bits per heavy atom. The molecule has 24 heavy (non-hydrogen) atoms. The lowest BCUT2D eigenvalue weighted by molar-refractivity contribution is 0.652. The minimum atomic E-state index is 0.508. The van der Waals surface area contributed by atoms with Gasteiger partial charge in [0.2, 0.25) is 0 Å². The lowest BCUT2D eigenvalue weighted by Gasteiger charge is -2.20. The van der Waals surface area contributed by atoms with Gasteiger partial charge in [-0.3, -0.25) is 5.43 Å².